The maximum atomic E-state index is 5.81. The number of pyridine rings is 1. The van der Waals surface area contributed by atoms with Gasteiger partial charge in [-0.15, -0.1) is 0 Å². The van der Waals surface area contributed by atoms with Crippen molar-refractivity contribution in [3.05, 3.63) is 36.4 Å². The molecule has 106 valence electrons. The number of aromatic nitrogens is 1. The van der Waals surface area contributed by atoms with Crippen LogP contribution in [0.15, 0.2) is 36.4 Å². The minimum atomic E-state index is 0.396. The highest BCUT2D eigenvalue weighted by molar-refractivity contribution is 5.49. The van der Waals surface area contributed by atoms with E-state index >= 15 is 0 Å². The van der Waals surface area contributed by atoms with E-state index in [2.05, 4.69) is 4.98 Å². The Morgan fingerprint density at radius 1 is 1.15 bits per heavy atom. The standard InChI is InChI=1S/C15H18N2O3/c1-3-9-19-15-13(16)7-8-14(17-15)20-12-6-4-5-11(10-12)18-2/h4-8,10H,3,9,16H2,1-2H3. The van der Waals surface area contributed by atoms with Crippen molar-refractivity contribution < 1.29 is 14.2 Å². The van der Waals surface area contributed by atoms with Gasteiger partial charge in [0.25, 0.3) is 0 Å². The number of ether oxygens (including phenoxy) is 3. The average molecular weight is 274 g/mol. The lowest BCUT2D eigenvalue weighted by molar-refractivity contribution is 0.302. The number of hydrogen-bond donors (Lipinski definition) is 1. The van der Waals surface area contributed by atoms with Crippen LogP contribution < -0.4 is 19.9 Å². The van der Waals surface area contributed by atoms with Crippen LogP contribution in [0.1, 0.15) is 13.3 Å². The Balaban J connectivity index is 2.16. The van der Waals surface area contributed by atoms with Crippen molar-refractivity contribution in [2.75, 3.05) is 19.5 Å². The Morgan fingerprint density at radius 2 is 1.95 bits per heavy atom. The van der Waals surface area contributed by atoms with E-state index in [1.807, 2.05) is 25.1 Å². The van der Waals surface area contributed by atoms with Gasteiger partial charge in [-0.05, 0) is 24.6 Å². The minimum Gasteiger partial charge on any atom is -0.497 e. The van der Waals surface area contributed by atoms with Gasteiger partial charge in [-0.2, -0.15) is 4.98 Å². The van der Waals surface area contributed by atoms with Crippen LogP contribution in [0.5, 0.6) is 23.3 Å². The molecule has 0 fully saturated rings. The van der Waals surface area contributed by atoms with E-state index in [0.717, 1.165) is 12.2 Å². The summed E-state index contributed by atoms with van der Waals surface area (Å²) in [6.07, 6.45) is 0.891. The fraction of sp³-hybridized carbons (Fsp3) is 0.267. The fourth-order valence-corrected chi connectivity index (χ4v) is 1.59. The Morgan fingerprint density at radius 3 is 2.70 bits per heavy atom. The van der Waals surface area contributed by atoms with Gasteiger partial charge < -0.3 is 19.9 Å². The SMILES string of the molecule is CCCOc1nc(Oc2cccc(OC)c2)ccc1N. The molecule has 0 bridgehead atoms. The van der Waals surface area contributed by atoms with E-state index in [0.29, 0.717) is 29.8 Å². The topological polar surface area (TPSA) is 66.6 Å². The summed E-state index contributed by atoms with van der Waals surface area (Å²) in [6.45, 7) is 2.59. The van der Waals surface area contributed by atoms with Crippen LogP contribution in [-0.2, 0) is 0 Å². The molecule has 0 radical (unpaired) electrons. The van der Waals surface area contributed by atoms with Gasteiger partial charge in [0.1, 0.15) is 11.5 Å². The molecule has 0 unspecified atom stereocenters. The van der Waals surface area contributed by atoms with Gasteiger partial charge in [-0.3, -0.25) is 0 Å². The van der Waals surface area contributed by atoms with Crippen LogP contribution >= 0.6 is 0 Å². The molecule has 5 heteroatoms. The number of nitrogens with zero attached hydrogens (tertiary/aromatic N) is 1. The highest BCUT2D eigenvalue weighted by Crippen LogP contribution is 2.27. The Hall–Kier alpha value is -2.43. The van der Waals surface area contributed by atoms with E-state index < -0.39 is 0 Å². The number of nitrogen functional groups attached to an aromatic ring is 1. The molecule has 0 saturated carbocycles. The van der Waals surface area contributed by atoms with Gasteiger partial charge in [-0.25, -0.2) is 0 Å². The zero-order valence-electron chi connectivity index (χ0n) is 11.6. The van der Waals surface area contributed by atoms with Crippen LogP contribution in [0, 0.1) is 0 Å². The van der Waals surface area contributed by atoms with Crippen LogP contribution in [0.3, 0.4) is 0 Å². The van der Waals surface area contributed by atoms with E-state index in [-0.39, 0.29) is 0 Å². The summed E-state index contributed by atoms with van der Waals surface area (Å²) in [5.74, 6) is 2.19. The van der Waals surface area contributed by atoms with Gasteiger partial charge in [0.15, 0.2) is 0 Å². The highest BCUT2D eigenvalue weighted by Gasteiger charge is 2.06. The van der Waals surface area contributed by atoms with Gasteiger partial charge >= 0.3 is 0 Å². The maximum absolute atomic E-state index is 5.81. The molecule has 0 saturated heterocycles. The Kier molecular flexibility index (Phi) is 4.65. The van der Waals surface area contributed by atoms with Crippen LogP contribution in [-0.4, -0.2) is 18.7 Å². The zero-order valence-corrected chi connectivity index (χ0v) is 11.6. The van der Waals surface area contributed by atoms with Crippen molar-refractivity contribution in [2.45, 2.75) is 13.3 Å². The van der Waals surface area contributed by atoms with Gasteiger partial charge in [0.05, 0.1) is 19.4 Å². The summed E-state index contributed by atoms with van der Waals surface area (Å²) in [4.78, 5) is 4.25. The van der Waals surface area contributed by atoms with E-state index in [9.17, 15) is 0 Å². The third kappa shape index (κ3) is 3.54. The number of hydrogen-bond acceptors (Lipinski definition) is 5. The Labute approximate surface area is 118 Å². The normalized spacial score (nSPS) is 10.1. The summed E-state index contributed by atoms with van der Waals surface area (Å²) >= 11 is 0. The molecule has 1 aromatic heterocycles. The molecule has 0 amide bonds. The van der Waals surface area contributed by atoms with Crippen molar-refractivity contribution in [3.63, 3.8) is 0 Å². The molecule has 0 atom stereocenters. The molecule has 2 rings (SSSR count). The van der Waals surface area contributed by atoms with E-state index in [4.69, 9.17) is 19.9 Å². The summed E-state index contributed by atoms with van der Waals surface area (Å²) in [6, 6.07) is 10.7. The average Bonchev–Trinajstić information content (AvgIpc) is 2.48. The summed E-state index contributed by atoms with van der Waals surface area (Å²) < 4.78 is 16.3. The number of methoxy groups -OCH3 is 1. The van der Waals surface area contributed by atoms with E-state index in [1.54, 1.807) is 25.3 Å². The van der Waals surface area contributed by atoms with Crippen LogP contribution in [0.25, 0.3) is 0 Å². The first kappa shape index (κ1) is 14.0. The molecular formula is C15H18N2O3. The van der Waals surface area contributed by atoms with Crippen molar-refractivity contribution in [1.82, 2.24) is 4.98 Å². The minimum absolute atomic E-state index is 0.396. The predicted octanol–water partition coefficient (Wildman–Crippen LogP) is 3.25. The van der Waals surface area contributed by atoms with Crippen LogP contribution in [0.2, 0.25) is 0 Å². The molecule has 0 spiro atoms. The summed E-state index contributed by atoms with van der Waals surface area (Å²) in [7, 11) is 1.61. The van der Waals surface area contributed by atoms with Gasteiger partial charge in [0.2, 0.25) is 11.8 Å². The van der Waals surface area contributed by atoms with Crippen molar-refractivity contribution in [3.8, 4) is 23.3 Å². The lowest BCUT2D eigenvalue weighted by Crippen LogP contribution is -2.02. The third-order valence-corrected chi connectivity index (χ3v) is 2.57. The zero-order chi connectivity index (χ0) is 14.4. The summed E-state index contributed by atoms with van der Waals surface area (Å²) in [5.41, 5.74) is 6.30. The monoisotopic (exact) mass is 274 g/mol. The second-order valence-electron chi connectivity index (χ2n) is 4.17. The predicted molar refractivity (Wildman–Crippen MR) is 77.5 cm³/mol. The number of nitrogens with two attached hydrogens (primary N) is 1. The molecule has 1 heterocycles. The van der Waals surface area contributed by atoms with Crippen molar-refractivity contribution in [1.29, 1.82) is 0 Å². The second-order valence-corrected chi connectivity index (χ2v) is 4.17. The lowest BCUT2D eigenvalue weighted by atomic mass is 10.3. The lowest BCUT2D eigenvalue weighted by Gasteiger charge is -2.10. The molecule has 5 nitrogen and oxygen atoms in total. The largest absolute Gasteiger partial charge is 0.497 e. The van der Waals surface area contributed by atoms with E-state index in [1.165, 1.54) is 0 Å². The van der Waals surface area contributed by atoms with Crippen molar-refractivity contribution in [2.24, 2.45) is 0 Å². The van der Waals surface area contributed by atoms with Crippen molar-refractivity contribution >= 4 is 5.69 Å². The fourth-order valence-electron chi connectivity index (χ4n) is 1.59. The first-order valence-corrected chi connectivity index (χ1v) is 6.44. The molecule has 0 aliphatic carbocycles. The first-order valence-electron chi connectivity index (χ1n) is 6.44. The molecular weight excluding hydrogens is 256 g/mol. The second kappa shape index (κ2) is 6.65. The Bertz CT molecular complexity index is 573. The first-order chi connectivity index (χ1) is 9.72. The number of anilines is 1. The third-order valence-electron chi connectivity index (χ3n) is 2.57. The molecule has 20 heavy (non-hydrogen) atoms. The smallest absolute Gasteiger partial charge is 0.240 e. The molecule has 0 aliphatic heterocycles. The molecule has 1 aromatic carbocycles. The quantitative estimate of drug-likeness (QED) is 0.875. The molecule has 2 N–H and O–H groups in total. The van der Waals surface area contributed by atoms with Gasteiger partial charge in [0, 0.05) is 12.1 Å². The van der Waals surface area contributed by atoms with Gasteiger partial charge in [-0.1, -0.05) is 13.0 Å². The van der Waals surface area contributed by atoms with Crippen LogP contribution in [0.4, 0.5) is 5.69 Å². The maximum Gasteiger partial charge on any atom is 0.240 e. The number of benzene rings is 1. The molecule has 0 aliphatic rings. The molecule has 2 aromatic rings. The summed E-state index contributed by atoms with van der Waals surface area (Å²) in [5, 5.41) is 0. The number of rotatable bonds is 6. The highest BCUT2D eigenvalue weighted by atomic mass is 16.5.